The predicted molar refractivity (Wildman–Crippen MR) is 68.8 cm³/mol. The molecule has 0 aliphatic heterocycles. The van der Waals surface area contributed by atoms with Gasteiger partial charge in [-0.15, -0.1) is 0 Å². The first kappa shape index (κ1) is 13.2. The van der Waals surface area contributed by atoms with E-state index >= 15 is 0 Å². The van der Waals surface area contributed by atoms with Gasteiger partial charge in [0.1, 0.15) is 0 Å². The van der Waals surface area contributed by atoms with E-state index in [9.17, 15) is 0 Å². The van der Waals surface area contributed by atoms with Gasteiger partial charge in [-0.05, 0) is 44.4 Å². The van der Waals surface area contributed by atoms with Gasteiger partial charge >= 0.3 is 0 Å². The third-order valence-electron chi connectivity index (χ3n) is 3.14. The van der Waals surface area contributed by atoms with Crippen LogP contribution in [0.3, 0.4) is 0 Å². The van der Waals surface area contributed by atoms with Gasteiger partial charge < -0.3 is 10.1 Å². The molecule has 16 heavy (non-hydrogen) atoms. The van der Waals surface area contributed by atoms with Gasteiger partial charge in [0, 0.05) is 19.7 Å². The molecule has 1 aromatic carbocycles. The predicted octanol–water partition coefficient (Wildman–Crippen LogP) is 2.99. The van der Waals surface area contributed by atoms with E-state index in [0.717, 1.165) is 6.54 Å². The van der Waals surface area contributed by atoms with Crippen molar-refractivity contribution in [2.45, 2.75) is 39.8 Å². The van der Waals surface area contributed by atoms with Crippen molar-refractivity contribution in [1.29, 1.82) is 0 Å². The van der Waals surface area contributed by atoms with Crippen molar-refractivity contribution in [1.82, 2.24) is 5.32 Å². The molecule has 2 atom stereocenters. The lowest BCUT2D eigenvalue weighted by molar-refractivity contribution is 0.115. The summed E-state index contributed by atoms with van der Waals surface area (Å²) in [4.78, 5) is 0. The van der Waals surface area contributed by atoms with Crippen LogP contribution in [0.15, 0.2) is 18.2 Å². The van der Waals surface area contributed by atoms with Crippen LogP contribution in [-0.4, -0.2) is 19.8 Å². The minimum atomic E-state index is 0.258. The number of hydrogen-bond donors (Lipinski definition) is 1. The molecule has 0 amide bonds. The zero-order valence-corrected chi connectivity index (χ0v) is 11.0. The SMILES string of the molecule is COC(C)CNC(C)c1ccc(C)c(C)c1. The van der Waals surface area contributed by atoms with E-state index in [-0.39, 0.29) is 6.10 Å². The van der Waals surface area contributed by atoms with Crippen LogP contribution in [-0.2, 0) is 4.74 Å². The first-order valence-corrected chi connectivity index (χ1v) is 5.88. The third-order valence-corrected chi connectivity index (χ3v) is 3.14. The van der Waals surface area contributed by atoms with Gasteiger partial charge in [-0.1, -0.05) is 18.2 Å². The van der Waals surface area contributed by atoms with E-state index in [1.54, 1.807) is 7.11 Å². The van der Waals surface area contributed by atoms with Crippen molar-refractivity contribution >= 4 is 0 Å². The molecule has 0 fully saturated rings. The molecular weight excluding hydrogens is 198 g/mol. The summed E-state index contributed by atoms with van der Waals surface area (Å²) in [6, 6.07) is 7.00. The summed E-state index contributed by atoms with van der Waals surface area (Å²) in [5, 5.41) is 3.47. The minimum absolute atomic E-state index is 0.258. The van der Waals surface area contributed by atoms with Crippen molar-refractivity contribution in [3.8, 4) is 0 Å². The number of aryl methyl sites for hydroxylation is 2. The van der Waals surface area contributed by atoms with Crippen LogP contribution in [0.25, 0.3) is 0 Å². The van der Waals surface area contributed by atoms with Gasteiger partial charge in [0.05, 0.1) is 6.10 Å². The highest BCUT2D eigenvalue weighted by molar-refractivity contribution is 5.31. The zero-order chi connectivity index (χ0) is 12.1. The molecule has 0 aliphatic carbocycles. The monoisotopic (exact) mass is 221 g/mol. The summed E-state index contributed by atoms with van der Waals surface area (Å²) in [5.41, 5.74) is 4.04. The molecule has 0 radical (unpaired) electrons. The summed E-state index contributed by atoms with van der Waals surface area (Å²) >= 11 is 0. The average molecular weight is 221 g/mol. The second-order valence-corrected chi connectivity index (χ2v) is 4.52. The molecule has 0 spiro atoms. The Morgan fingerprint density at radius 2 is 1.88 bits per heavy atom. The first-order chi connectivity index (χ1) is 7.54. The van der Waals surface area contributed by atoms with Crippen LogP contribution in [0.1, 0.15) is 36.6 Å². The van der Waals surface area contributed by atoms with Crippen molar-refractivity contribution in [3.63, 3.8) is 0 Å². The maximum absolute atomic E-state index is 5.22. The van der Waals surface area contributed by atoms with Gasteiger partial charge in [0.2, 0.25) is 0 Å². The largest absolute Gasteiger partial charge is 0.380 e. The lowest BCUT2D eigenvalue weighted by Gasteiger charge is -2.18. The quantitative estimate of drug-likeness (QED) is 0.825. The van der Waals surface area contributed by atoms with Gasteiger partial charge in [0.15, 0.2) is 0 Å². The molecule has 1 aromatic rings. The summed E-state index contributed by atoms with van der Waals surface area (Å²) < 4.78 is 5.22. The van der Waals surface area contributed by atoms with E-state index in [2.05, 4.69) is 51.2 Å². The highest BCUT2D eigenvalue weighted by atomic mass is 16.5. The summed E-state index contributed by atoms with van der Waals surface area (Å²) in [6.07, 6.45) is 0.258. The van der Waals surface area contributed by atoms with Crippen LogP contribution in [0.5, 0.6) is 0 Å². The first-order valence-electron chi connectivity index (χ1n) is 5.88. The van der Waals surface area contributed by atoms with Gasteiger partial charge in [-0.25, -0.2) is 0 Å². The lowest BCUT2D eigenvalue weighted by Crippen LogP contribution is -2.28. The smallest absolute Gasteiger partial charge is 0.0667 e. The molecule has 0 aromatic heterocycles. The van der Waals surface area contributed by atoms with E-state index in [4.69, 9.17) is 4.74 Å². The zero-order valence-electron chi connectivity index (χ0n) is 11.0. The van der Waals surface area contributed by atoms with Crippen molar-refractivity contribution in [2.75, 3.05) is 13.7 Å². The van der Waals surface area contributed by atoms with Crippen molar-refractivity contribution in [3.05, 3.63) is 34.9 Å². The number of ether oxygens (including phenoxy) is 1. The van der Waals surface area contributed by atoms with Gasteiger partial charge in [0.25, 0.3) is 0 Å². The van der Waals surface area contributed by atoms with Gasteiger partial charge in [-0.2, -0.15) is 0 Å². The van der Waals surface area contributed by atoms with E-state index in [1.807, 2.05) is 0 Å². The highest BCUT2D eigenvalue weighted by Crippen LogP contribution is 2.16. The molecule has 1 rings (SSSR count). The molecule has 1 N–H and O–H groups in total. The molecule has 0 bridgehead atoms. The molecule has 2 unspecified atom stereocenters. The third kappa shape index (κ3) is 3.62. The standard InChI is InChI=1S/C14H23NO/c1-10-6-7-14(8-11(10)2)13(4)15-9-12(3)16-5/h6-8,12-13,15H,9H2,1-5H3. The molecule has 2 nitrogen and oxygen atoms in total. The fraction of sp³-hybridized carbons (Fsp3) is 0.571. The Labute approximate surface area is 99.0 Å². The molecule has 90 valence electrons. The molecule has 0 saturated heterocycles. The van der Waals surface area contributed by atoms with E-state index < -0.39 is 0 Å². The summed E-state index contributed by atoms with van der Waals surface area (Å²) in [5.74, 6) is 0. The van der Waals surface area contributed by atoms with Crippen LogP contribution in [0.2, 0.25) is 0 Å². The minimum Gasteiger partial charge on any atom is -0.380 e. The molecule has 0 aliphatic rings. The Balaban J connectivity index is 2.59. The molecule has 0 heterocycles. The fourth-order valence-corrected chi connectivity index (χ4v) is 1.58. The number of nitrogens with one attached hydrogen (secondary N) is 1. The Morgan fingerprint density at radius 3 is 2.44 bits per heavy atom. The molecular formula is C14H23NO. The van der Waals surface area contributed by atoms with Crippen LogP contribution >= 0.6 is 0 Å². The maximum atomic E-state index is 5.22. The van der Waals surface area contributed by atoms with Crippen LogP contribution in [0, 0.1) is 13.8 Å². The Hall–Kier alpha value is -0.860. The van der Waals surface area contributed by atoms with Crippen molar-refractivity contribution in [2.24, 2.45) is 0 Å². The van der Waals surface area contributed by atoms with Crippen LogP contribution < -0.4 is 5.32 Å². The Morgan fingerprint density at radius 1 is 1.19 bits per heavy atom. The van der Waals surface area contributed by atoms with E-state index in [0.29, 0.717) is 6.04 Å². The normalized spacial score (nSPS) is 14.8. The highest BCUT2D eigenvalue weighted by Gasteiger charge is 2.07. The van der Waals surface area contributed by atoms with E-state index in [1.165, 1.54) is 16.7 Å². The summed E-state index contributed by atoms with van der Waals surface area (Å²) in [7, 11) is 1.74. The second kappa shape index (κ2) is 6.02. The number of methoxy groups -OCH3 is 1. The lowest BCUT2D eigenvalue weighted by atomic mass is 10.0. The average Bonchev–Trinajstić information content (AvgIpc) is 2.29. The Kier molecular flexibility index (Phi) is 4.97. The number of hydrogen-bond acceptors (Lipinski definition) is 2. The van der Waals surface area contributed by atoms with Crippen LogP contribution in [0.4, 0.5) is 0 Å². The number of rotatable bonds is 5. The fourth-order valence-electron chi connectivity index (χ4n) is 1.58. The topological polar surface area (TPSA) is 21.3 Å². The molecule has 0 saturated carbocycles. The maximum Gasteiger partial charge on any atom is 0.0667 e. The molecule has 2 heteroatoms. The second-order valence-electron chi connectivity index (χ2n) is 4.52. The number of benzene rings is 1. The summed E-state index contributed by atoms with van der Waals surface area (Å²) in [6.45, 7) is 9.44. The van der Waals surface area contributed by atoms with Gasteiger partial charge in [-0.3, -0.25) is 0 Å². The Bertz CT molecular complexity index is 336. The van der Waals surface area contributed by atoms with Crippen molar-refractivity contribution < 1.29 is 4.74 Å².